The molecule has 0 spiro atoms. The van der Waals surface area contributed by atoms with E-state index in [1.165, 1.54) is 10.6 Å². The average Bonchev–Trinajstić information content (AvgIpc) is 2.94. The normalized spacial score (nSPS) is 12.0. The molecule has 2 heterocycles. The topological polar surface area (TPSA) is 77.1 Å². The summed E-state index contributed by atoms with van der Waals surface area (Å²) in [7, 11) is 0. The Morgan fingerprint density at radius 3 is 2.45 bits per heavy atom. The van der Waals surface area contributed by atoms with Crippen LogP contribution in [0.4, 0.5) is 13.2 Å². The van der Waals surface area contributed by atoms with Crippen LogP contribution in [0, 0.1) is 6.92 Å². The first kappa shape index (κ1) is 20.9. The fourth-order valence-electron chi connectivity index (χ4n) is 3.79. The number of carboxylic acid groups (broad SMARTS) is 1. The number of hydrogen-bond donors (Lipinski definition) is 1. The molecule has 0 saturated heterocycles. The fraction of sp³-hybridized carbons (Fsp3) is 0.190. The van der Waals surface area contributed by atoms with E-state index in [0.29, 0.717) is 37.3 Å². The number of aromatic nitrogens is 3. The van der Waals surface area contributed by atoms with Gasteiger partial charge in [0.2, 0.25) is 0 Å². The lowest BCUT2D eigenvalue weighted by Crippen LogP contribution is -2.30. The molecule has 0 atom stereocenters. The molecule has 0 aliphatic rings. The van der Waals surface area contributed by atoms with Crippen LogP contribution in [0.25, 0.3) is 32.9 Å². The zero-order chi connectivity index (χ0) is 22.5. The molecule has 160 valence electrons. The van der Waals surface area contributed by atoms with Crippen LogP contribution in [0.3, 0.4) is 0 Å². The third-order valence-electron chi connectivity index (χ3n) is 5.01. The van der Waals surface area contributed by atoms with Crippen molar-refractivity contribution in [3.05, 3.63) is 63.5 Å². The summed E-state index contributed by atoms with van der Waals surface area (Å²) in [5.74, 6) is -1.08. The van der Waals surface area contributed by atoms with Gasteiger partial charge in [0, 0.05) is 32.6 Å². The first-order valence-electron chi connectivity index (χ1n) is 9.14. The first-order chi connectivity index (χ1) is 14.6. The van der Waals surface area contributed by atoms with Crippen LogP contribution in [-0.4, -0.2) is 31.6 Å². The van der Waals surface area contributed by atoms with E-state index in [1.54, 1.807) is 43.3 Å². The predicted molar refractivity (Wildman–Crippen MR) is 110 cm³/mol. The molecule has 0 saturated carbocycles. The van der Waals surface area contributed by atoms with Crippen molar-refractivity contribution in [2.45, 2.75) is 26.2 Å². The average molecular weight is 450 g/mol. The number of alkyl halides is 3. The smallest absolute Gasteiger partial charge is 0.408 e. The van der Waals surface area contributed by atoms with Crippen molar-refractivity contribution in [1.29, 1.82) is 0 Å². The zero-order valence-corrected chi connectivity index (χ0v) is 16.8. The minimum absolute atomic E-state index is 0.0808. The summed E-state index contributed by atoms with van der Waals surface area (Å²) in [5.41, 5.74) is 0.731. The molecule has 1 N–H and O–H groups in total. The number of fused-ring (bicyclic) bond motifs is 2. The lowest BCUT2D eigenvalue weighted by molar-refractivity contribution is -0.143. The van der Waals surface area contributed by atoms with Gasteiger partial charge in [0.15, 0.2) is 0 Å². The van der Waals surface area contributed by atoms with Crippen molar-refractivity contribution in [2.75, 3.05) is 0 Å². The zero-order valence-electron chi connectivity index (χ0n) is 16.1. The molecule has 4 aromatic rings. The number of benzene rings is 2. The summed E-state index contributed by atoms with van der Waals surface area (Å²) in [6, 6.07) is 11.1. The third kappa shape index (κ3) is 3.76. The number of nitrogens with zero attached hydrogens (tertiary/aromatic N) is 3. The van der Waals surface area contributed by atoms with Crippen molar-refractivity contribution in [3.63, 3.8) is 0 Å². The first-order valence-corrected chi connectivity index (χ1v) is 9.52. The van der Waals surface area contributed by atoms with Crippen LogP contribution in [-0.2, 0) is 17.9 Å². The van der Waals surface area contributed by atoms with Crippen LogP contribution in [0.1, 0.15) is 5.69 Å². The van der Waals surface area contributed by atoms with Crippen molar-refractivity contribution in [2.24, 2.45) is 0 Å². The van der Waals surface area contributed by atoms with Crippen molar-refractivity contribution in [1.82, 2.24) is 14.3 Å². The standard InChI is InChI=1S/C21H15ClF3N3O3/c1-11-18(15-8-12(22)6-7-16(15)27(11)9-17(29)30)19-13-4-2-3-5-14(13)20(31)28(26-19)10-21(23,24)25/h2-8H,9-10H2,1H3,(H,29,30). The monoisotopic (exact) mass is 449 g/mol. The maximum Gasteiger partial charge on any atom is 0.408 e. The maximum absolute atomic E-state index is 13.1. The second-order valence-corrected chi connectivity index (χ2v) is 7.51. The number of carbonyl (C=O) groups is 1. The summed E-state index contributed by atoms with van der Waals surface area (Å²) >= 11 is 6.16. The van der Waals surface area contributed by atoms with E-state index < -0.39 is 24.2 Å². The quantitative estimate of drug-likeness (QED) is 0.493. The van der Waals surface area contributed by atoms with Crippen LogP contribution >= 0.6 is 11.6 Å². The molecular weight excluding hydrogens is 435 g/mol. The van der Waals surface area contributed by atoms with Gasteiger partial charge in [-0.1, -0.05) is 29.8 Å². The fourth-order valence-corrected chi connectivity index (χ4v) is 3.96. The number of carboxylic acids is 1. The van der Waals surface area contributed by atoms with Gasteiger partial charge >= 0.3 is 12.1 Å². The minimum Gasteiger partial charge on any atom is -0.480 e. The van der Waals surface area contributed by atoms with Crippen molar-refractivity contribution >= 4 is 39.2 Å². The van der Waals surface area contributed by atoms with Gasteiger partial charge in [-0.3, -0.25) is 9.59 Å². The summed E-state index contributed by atoms with van der Waals surface area (Å²) < 4.78 is 41.2. The number of rotatable bonds is 4. The van der Waals surface area contributed by atoms with Crippen molar-refractivity contribution < 1.29 is 23.1 Å². The van der Waals surface area contributed by atoms with Crippen LogP contribution in [0.5, 0.6) is 0 Å². The molecule has 0 amide bonds. The Balaban J connectivity index is 2.13. The van der Waals surface area contributed by atoms with E-state index in [2.05, 4.69) is 5.10 Å². The summed E-state index contributed by atoms with van der Waals surface area (Å²) in [6.45, 7) is -0.247. The highest BCUT2D eigenvalue weighted by atomic mass is 35.5. The Labute approximate surface area is 178 Å². The molecule has 0 bridgehead atoms. The van der Waals surface area contributed by atoms with Gasteiger partial charge in [-0.15, -0.1) is 0 Å². The Hall–Kier alpha value is -3.33. The molecule has 4 rings (SSSR count). The number of aliphatic carboxylic acids is 1. The second kappa shape index (κ2) is 7.42. The van der Waals surface area contributed by atoms with Crippen LogP contribution in [0.15, 0.2) is 47.3 Å². The van der Waals surface area contributed by atoms with Gasteiger partial charge < -0.3 is 9.67 Å². The Bertz CT molecular complexity index is 1410. The van der Waals surface area contributed by atoms with Gasteiger partial charge in [0.25, 0.3) is 5.56 Å². The van der Waals surface area contributed by atoms with E-state index in [9.17, 15) is 27.9 Å². The summed E-state index contributed by atoms with van der Waals surface area (Å²) in [6.07, 6.45) is -4.65. The van der Waals surface area contributed by atoms with Gasteiger partial charge in [0.05, 0.1) is 5.39 Å². The Morgan fingerprint density at radius 1 is 1.13 bits per heavy atom. The molecule has 0 fully saturated rings. The molecule has 0 aliphatic heterocycles. The highest BCUT2D eigenvalue weighted by molar-refractivity contribution is 6.31. The molecule has 10 heteroatoms. The number of hydrogen-bond acceptors (Lipinski definition) is 3. The predicted octanol–water partition coefficient (Wildman–Crippen LogP) is 4.63. The second-order valence-electron chi connectivity index (χ2n) is 7.07. The lowest BCUT2D eigenvalue weighted by atomic mass is 10.0. The van der Waals surface area contributed by atoms with E-state index in [0.717, 1.165) is 0 Å². The molecule has 2 aromatic heterocycles. The molecule has 2 aromatic carbocycles. The van der Waals surface area contributed by atoms with E-state index in [1.807, 2.05) is 0 Å². The van der Waals surface area contributed by atoms with Gasteiger partial charge in [-0.25, -0.2) is 4.68 Å². The lowest BCUT2D eigenvalue weighted by Gasteiger charge is -2.13. The Morgan fingerprint density at radius 2 is 1.81 bits per heavy atom. The SMILES string of the molecule is Cc1c(-c2nn(CC(F)(F)F)c(=O)c3ccccc23)c2cc(Cl)ccc2n1CC(=O)O. The molecular formula is C21H15ClF3N3O3. The molecule has 6 nitrogen and oxygen atoms in total. The molecule has 0 unspecified atom stereocenters. The highest BCUT2D eigenvalue weighted by Gasteiger charge is 2.30. The van der Waals surface area contributed by atoms with Gasteiger partial charge in [-0.2, -0.15) is 18.3 Å². The van der Waals surface area contributed by atoms with Gasteiger partial charge in [-0.05, 0) is 31.2 Å². The van der Waals surface area contributed by atoms with Crippen LogP contribution < -0.4 is 5.56 Å². The summed E-state index contributed by atoms with van der Waals surface area (Å²) in [5, 5.41) is 14.7. The van der Waals surface area contributed by atoms with Crippen molar-refractivity contribution in [3.8, 4) is 11.3 Å². The largest absolute Gasteiger partial charge is 0.480 e. The van der Waals surface area contributed by atoms with Crippen LogP contribution in [0.2, 0.25) is 5.02 Å². The third-order valence-corrected chi connectivity index (χ3v) is 5.25. The molecule has 31 heavy (non-hydrogen) atoms. The van der Waals surface area contributed by atoms with E-state index in [-0.39, 0.29) is 17.6 Å². The Kier molecular flexibility index (Phi) is 5.01. The van der Waals surface area contributed by atoms with Gasteiger partial charge in [0.1, 0.15) is 18.8 Å². The molecule has 0 aliphatic carbocycles. The minimum atomic E-state index is -4.65. The summed E-state index contributed by atoms with van der Waals surface area (Å²) in [4.78, 5) is 24.1. The van der Waals surface area contributed by atoms with E-state index >= 15 is 0 Å². The van der Waals surface area contributed by atoms with E-state index in [4.69, 9.17) is 11.6 Å². The number of halogens is 4. The maximum atomic E-state index is 13.1. The highest BCUT2D eigenvalue weighted by Crippen LogP contribution is 2.37. The molecule has 0 radical (unpaired) electrons.